The van der Waals surface area contributed by atoms with Crippen molar-refractivity contribution >= 4 is 11.9 Å². The van der Waals surface area contributed by atoms with E-state index in [0.29, 0.717) is 6.42 Å². The van der Waals surface area contributed by atoms with Crippen molar-refractivity contribution in [1.29, 1.82) is 0 Å². The Morgan fingerprint density at radius 3 is 2.20 bits per heavy atom. The molecule has 0 aromatic heterocycles. The van der Waals surface area contributed by atoms with E-state index in [9.17, 15) is 9.59 Å². The first-order chi connectivity index (χ1) is 11.7. The molecule has 0 fully saturated rings. The summed E-state index contributed by atoms with van der Waals surface area (Å²) in [5, 5.41) is 0. The van der Waals surface area contributed by atoms with E-state index in [1.54, 1.807) is 0 Å². The molecule has 0 aromatic carbocycles. The van der Waals surface area contributed by atoms with Crippen LogP contribution in [0.5, 0.6) is 0 Å². The molecule has 0 aliphatic heterocycles. The summed E-state index contributed by atoms with van der Waals surface area (Å²) in [4.78, 5) is 29.1. The molecule has 5 nitrogen and oxygen atoms in total. The minimum absolute atomic E-state index is 0.285. The summed E-state index contributed by atoms with van der Waals surface area (Å²) in [5.41, 5.74) is 2.00. The molecule has 2 atom stereocenters. The van der Waals surface area contributed by atoms with Crippen molar-refractivity contribution in [1.82, 2.24) is 5.48 Å². The first-order valence-electron chi connectivity index (χ1n) is 9.09. The molecular formula is C20H35NO4. The van der Waals surface area contributed by atoms with Crippen molar-refractivity contribution in [2.45, 2.75) is 84.3 Å². The van der Waals surface area contributed by atoms with E-state index in [0.717, 1.165) is 38.5 Å². The second-order valence-electron chi connectivity index (χ2n) is 7.23. The van der Waals surface area contributed by atoms with Crippen LogP contribution >= 0.6 is 0 Å². The van der Waals surface area contributed by atoms with Crippen LogP contribution in [0.15, 0.2) is 25.3 Å². The lowest BCUT2D eigenvalue weighted by atomic mass is 9.94. The lowest BCUT2D eigenvalue weighted by molar-refractivity contribution is -0.158. The molecule has 0 heterocycles. The van der Waals surface area contributed by atoms with Gasteiger partial charge in [0.15, 0.2) is 0 Å². The molecule has 0 saturated heterocycles. The molecule has 0 rings (SSSR count). The van der Waals surface area contributed by atoms with Gasteiger partial charge in [0.25, 0.3) is 5.91 Å². The van der Waals surface area contributed by atoms with Crippen LogP contribution in [0.1, 0.15) is 72.6 Å². The van der Waals surface area contributed by atoms with Crippen molar-refractivity contribution < 1.29 is 19.2 Å². The van der Waals surface area contributed by atoms with Crippen molar-refractivity contribution in [2.24, 2.45) is 5.92 Å². The van der Waals surface area contributed by atoms with Gasteiger partial charge >= 0.3 is 5.97 Å². The van der Waals surface area contributed by atoms with Crippen molar-refractivity contribution in [3.05, 3.63) is 25.3 Å². The van der Waals surface area contributed by atoms with Crippen LogP contribution < -0.4 is 5.48 Å². The summed E-state index contributed by atoms with van der Waals surface area (Å²) in [6.07, 6.45) is 9.79. The fraction of sp³-hybridized carbons (Fsp3) is 0.700. The SMILES string of the molecule is C=CCCCCCCC[C@H](C(=O)NOC(C)(C)C)[C@@H](C=C)OC(C)=O. The van der Waals surface area contributed by atoms with Crippen LogP contribution in [0.25, 0.3) is 0 Å². The highest BCUT2D eigenvalue weighted by atomic mass is 16.7. The highest BCUT2D eigenvalue weighted by Gasteiger charge is 2.29. The number of allylic oxidation sites excluding steroid dienone is 1. The standard InChI is InChI=1S/C20H35NO4/c1-7-9-10-11-12-13-14-15-17(18(8-2)24-16(3)22)19(23)21-25-20(4,5)6/h7-8,17-18H,1-2,9-15H2,3-6H3,(H,21,23)/t17-,18+/m0/s1. The predicted molar refractivity (Wildman–Crippen MR) is 101 cm³/mol. The van der Waals surface area contributed by atoms with Gasteiger partial charge in [0.05, 0.1) is 11.5 Å². The molecule has 144 valence electrons. The zero-order valence-corrected chi connectivity index (χ0v) is 16.3. The highest BCUT2D eigenvalue weighted by molar-refractivity contribution is 5.79. The number of carbonyl (C=O) groups is 2. The van der Waals surface area contributed by atoms with Gasteiger partial charge in [0.2, 0.25) is 0 Å². The van der Waals surface area contributed by atoms with E-state index in [-0.39, 0.29) is 5.91 Å². The van der Waals surface area contributed by atoms with Crippen LogP contribution in [-0.4, -0.2) is 23.6 Å². The van der Waals surface area contributed by atoms with E-state index in [1.807, 2.05) is 26.8 Å². The molecule has 0 aliphatic rings. The van der Waals surface area contributed by atoms with Crippen molar-refractivity contribution in [2.75, 3.05) is 0 Å². The largest absolute Gasteiger partial charge is 0.457 e. The Kier molecular flexibility index (Phi) is 11.9. The second kappa shape index (κ2) is 12.7. The maximum absolute atomic E-state index is 12.5. The smallest absolute Gasteiger partial charge is 0.303 e. The van der Waals surface area contributed by atoms with Crippen LogP contribution in [0.3, 0.4) is 0 Å². The molecule has 0 bridgehead atoms. The molecule has 0 unspecified atom stereocenters. The van der Waals surface area contributed by atoms with Gasteiger partial charge in [0.1, 0.15) is 6.10 Å². The number of ether oxygens (including phenoxy) is 1. The summed E-state index contributed by atoms with van der Waals surface area (Å²) >= 11 is 0. The minimum atomic E-state index is -0.651. The van der Waals surface area contributed by atoms with Crippen molar-refractivity contribution in [3.8, 4) is 0 Å². The maximum atomic E-state index is 12.5. The normalized spacial score (nSPS) is 13.6. The fourth-order valence-corrected chi connectivity index (χ4v) is 2.39. The minimum Gasteiger partial charge on any atom is -0.457 e. The van der Waals surface area contributed by atoms with E-state index >= 15 is 0 Å². The summed E-state index contributed by atoms with van der Waals surface area (Å²) in [6.45, 7) is 14.3. The van der Waals surface area contributed by atoms with Gasteiger partial charge in [-0.05, 0) is 40.0 Å². The molecule has 0 spiro atoms. The number of hydroxylamine groups is 1. The molecule has 0 radical (unpaired) electrons. The zero-order valence-electron chi connectivity index (χ0n) is 16.3. The Hall–Kier alpha value is -1.62. The first-order valence-corrected chi connectivity index (χ1v) is 9.09. The van der Waals surface area contributed by atoms with E-state index in [2.05, 4.69) is 18.6 Å². The van der Waals surface area contributed by atoms with Crippen molar-refractivity contribution in [3.63, 3.8) is 0 Å². The molecule has 0 aromatic rings. The zero-order chi connectivity index (χ0) is 19.3. The van der Waals surface area contributed by atoms with E-state index in [4.69, 9.17) is 9.57 Å². The van der Waals surface area contributed by atoms with Crippen LogP contribution in [0.2, 0.25) is 0 Å². The number of carbonyl (C=O) groups excluding carboxylic acids is 2. The number of amides is 1. The van der Waals surface area contributed by atoms with Gasteiger partial charge in [-0.2, -0.15) is 0 Å². The maximum Gasteiger partial charge on any atom is 0.303 e. The third-order valence-corrected chi connectivity index (χ3v) is 3.65. The van der Waals surface area contributed by atoms with Gasteiger partial charge in [0, 0.05) is 6.92 Å². The van der Waals surface area contributed by atoms with Gasteiger partial charge in [-0.15, -0.1) is 6.58 Å². The third kappa shape index (κ3) is 12.4. The summed E-state index contributed by atoms with van der Waals surface area (Å²) in [5.74, 6) is -1.21. The molecule has 1 N–H and O–H groups in total. The summed E-state index contributed by atoms with van der Waals surface area (Å²) in [7, 11) is 0. The molecular weight excluding hydrogens is 318 g/mol. The average Bonchev–Trinajstić information content (AvgIpc) is 2.52. The third-order valence-electron chi connectivity index (χ3n) is 3.65. The molecule has 0 saturated carbocycles. The average molecular weight is 354 g/mol. The van der Waals surface area contributed by atoms with Crippen LogP contribution in [0, 0.1) is 5.92 Å². The number of esters is 1. The van der Waals surface area contributed by atoms with E-state index < -0.39 is 23.6 Å². The highest BCUT2D eigenvalue weighted by Crippen LogP contribution is 2.20. The van der Waals surface area contributed by atoms with Gasteiger partial charge in [-0.1, -0.05) is 44.4 Å². The molecule has 0 aliphatic carbocycles. The number of rotatable bonds is 13. The Morgan fingerprint density at radius 2 is 1.68 bits per heavy atom. The Balaban J connectivity index is 4.60. The number of hydrogen-bond acceptors (Lipinski definition) is 4. The monoisotopic (exact) mass is 353 g/mol. The fourth-order valence-electron chi connectivity index (χ4n) is 2.39. The summed E-state index contributed by atoms with van der Waals surface area (Å²) in [6, 6.07) is 0. The van der Waals surface area contributed by atoms with Gasteiger partial charge < -0.3 is 4.74 Å². The van der Waals surface area contributed by atoms with E-state index in [1.165, 1.54) is 13.0 Å². The Morgan fingerprint density at radius 1 is 1.08 bits per heavy atom. The van der Waals surface area contributed by atoms with Crippen LogP contribution in [0.4, 0.5) is 0 Å². The molecule has 1 amide bonds. The lowest BCUT2D eigenvalue weighted by Crippen LogP contribution is -2.42. The topological polar surface area (TPSA) is 64.6 Å². The first kappa shape index (κ1) is 23.4. The molecule has 25 heavy (non-hydrogen) atoms. The molecule has 5 heteroatoms. The Labute approximate surface area is 152 Å². The quantitative estimate of drug-likeness (QED) is 0.229. The summed E-state index contributed by atoms with van der Waals surface area (Å²) < 4.78 is 5.24. The van der Waals surface area contributed by atoms with Crippen LogP contribution in [-0.2, 0) is 19.2 Å². The predicted octanol–water partition coefficient (Wildman–Crippen LogP) is 4.48. The number of hydrogen-bond donors (Lipinski definition) is 1. The number of unbranched alkanes of at least 4 members (excludes halogenated alkanes) is 5. The van der Waals surface area contributed by atoms with Gasteiger partial charge in [-0.25, -0.2) is 5.48 Å². The second-order valence-corrected chi connectivity index (χ2v) is 7.23. The number of nitrogens with one attached hydrogen (secondary N) is 1. The lowest BCUT2D eigenvalue weighted by Gasteiger charge is -2.26. The van der Waals surface area contributed by atoms with Gasteiger partial charge in [-0.3, -0.25) is 14.4 Å². The Bertz CT molecular complexity index is 426.